The van der Waals surface area contributed by atoms with E-state index in [0.717, 1.165) is 16.8 Å². The summed E-state index contributed by atoms with van der Waals surface area (Å²) in [7, 11) is 0. The van der Waals surface area contributed by atoms with Crippen LogP contribution < -0.4 is 5.73 Å². The lowest BCUT2D eigenvalue weighted by molar-refractivity contribution is 0.282. The number of nitrogens with two attached hydrogens (primary N) is 1. The van der Waals surface area contributed by atoms with Crippen molar-refractivity contribution in [3.05, 3.63) is 47.3 Å². The van der Waals surface area contributed by atoms with Crippen molar-refractivity contribution in [2.24, 2.45) is 5.73 Å². The first-order valence-corrected chi connectivity index (χ1v) is 5.87. The van der Waals surface area contributed by atoms with Gasteiger partial charge in [0.15, 0.2) is 0 Å². The molecule has 0 radical (unpaired) electrons. The number of aromatic nitrogens is 3. The van der Waals surface area contributed by atoms with Gasteiger partial charge in [0.1, 0.15) is 5.69 Å². The van der Waals surface area contributed by atoms with Gasteiger partial charge >= 0.3 is 0 Å². The largest absolute Gasteiger partial charge is 0.392 e. The Balaban J connectivity index is 2.11. The molecule has 0 amide bonds. The van der Waals surface area contributed by atoms with Crippen molar-refractivity contribution in [1.29, 1.82) is 0 Å². The fourth-order valence-corrected chi connectivity index (χ4v) is 1.61. The Morgan fingerprint density at radius 2 is 1.83 bits per heavy atom. The smallest absolute Gasteiger partial charge is 0.102 e. The summed E-state index contributed by atoms with van der Waals surface area (Å²) in [5.74, 6) is 0. The van der Waals surface area contributed by atoms with Crippen LogP contribution in [0.5, 0.6) is 0 Å². The van der Waals surface area contributed by atoms with Gasteiger partial charge in [-0.15, -0.1) is 5.10 Å². The maximum Gasteiger partial charge on any atom is 0.102 e. The van der Waals surface area contributed by atoms with E-state index in [0.29, 0.717) is 6.54 Å². The molecule has 3 N–H and O–H groups in total. The molecule has 18 heavy (non-hydrogen) atoms. The summed E-state index contributed by atoms with van der Waals surface area (Å²) < 4.78 is 1.76. The molecule has 0 aliphatic rings. The van der Waals surface area contributed by atoms with Crippen molar-refractivity contribution in [3.8, 4) is 0 Å². The number of rotatable bonds is 4. The predicted octanol–water partition coefficient (Wildman–Crippen LogP) is 1.01. The molecule has 2 rings (SSSR count). The van der Waals surface area contributed by atoms with Crippen molar-refractivity contribution < 1.29 is 5.11 Å². The number of benzene rings is 1. The highest BCUT2D eigenvalue weighted by atomic mass is 16.3. The molecular formula is C13H18N4O. The Morgan fingerprint density at radius 3 is 2.33 bits per heavy atom. The van der Waals surface area contributed by atoms with Gasteiger partial charge in [-0.2, -0.15) is 0 Å². The van der Waals surface area contributed by atoms with Crippen LogP contribution in [0.1, 0.15) is 30.7 Å². The fourth-order valence-electron chi connectivity index (χ4n) is 1.61. The fraction of sp³-hybridized carbons (Fsp3) is 0.385. The van der Waals surface area contributed by atoms with Crippen LogP contribution in [0.25, 0.3) is 0 Å². The van der Waals surface area contributed by atoms with Crippen molar-refractivity contribution in [2.75, 3.05) is 0 Å². The predicted molar refractivity (Wildman–Crippen MR) is 68.7 cm³/mol. The lowest BCUT2D eigenvalue weighted by atomic mass is 10.0. The molecule has 0 fully saturated rings. The van der Waals surface area contributed by atoms with Gasteiger partial charge in [-0.05, 0) is 25.0 Å². The van der Waals surface area contributed by atoms with Crippen LogP contribution in [-0.4, -0.2) is 20.1 Å². The summed E-state index contributed by atoms with van der Waals surface area (Å²) in [6.07, 6.45) is 1.86. The van der Waals surface area contributed by atoms with E-state index in [-0.39, 0.29) is 6.61 Å². The minimum atomic E-state index is -0.473. The van der Waals surface area contributed by atoms with Crippen molar-refractivity contribution >= 4 is 0 Å². The second-order valence-electron chi connectivity index (χ2n) is 5.00. The molecule has 1 aromatic heterocycles. The molecule has 0 aliphatic heterocycles. The Kier molecular flexibility index (Phi) is 3.45. The second-order valence-corrected chi connectivity index (χ2v) is 5.00. The van der Waals surface area contributed by atoms with Gasteiger partial charge in [-0.1, -0.05) is 29.5 Å². The maximum atomic E-state index is 8.97. The van der Waals surface area contributed by atoms with Crippen molar-refractivity contribution in [2.45, 2.75) is 32.5 Å². The number of aliphatic hydroxyl groups excluding tert-OH is 1. The summed E-state index contributed by atoms with van der Waals surface area (Å²) in [6.45, 7) is 4.51. The van der Waals surface area contributed by atoms with E-state index in [1.807, 2.05) is 44.3 Å². The maximum absolute atomic E-state index is 8.97. The first kappa shape index (κ1) is 12.7. The molecule has 5 nitrogen and oxygen atoms in total. The molecule has 0 saturated heterocycles. The Morgan fingerprint density at radius 1 is 1.22 bits per heavy atom. The van der Waals surface area contributed by atoms with Gasteiger partial charge < -0.3 is 10.8 Å². The number of hydrogen-bond acceptors (Lipinski definition) is 4. The van der Waals surface area contributed by atoms with E-state index in [1.165, 1.54) is 0 Å². The van der Waals surface area contributed by atoms with Gasteiger partial charge in [0.2, 0.25) is 0 Å². The average Bonchev–Trinajstić information content (AvgIpc) is 2.78. The van der Waals surface area contributed by atoms with E-state index in [1.54, 1.807) is 4.68 Å². The minimum Gasteiger partial charge on any atom is -0.392 e. The molecule has 0 spiro atoms. The monoisotopic (exact) mass is 246 g/mol. The molecule has 0 saturated carbocycles. The molecule has 0 aliphatic carbocycles. The molecule has 5 heteroatoms. The summed E-state index contributed by atoms with van der Waals surface area (Å²) >= 11 is 0. The van der Waals surface area contributed by atoms with Crippen LogP contribution in [-0.2, 0) is 18.7 Å². The number of aliphatic hydroxyl groups is 1. The molecule has 2 aromatic rings. The zero-order valence-electron chi connectivity index (χ0n) is 10.7. The summed E-state index contributed by atoms with van der Waals surface area (Å²) in [5.41, 5.74) is 8.27. The quantitative estimate of drug-likeness (QED) is 0.844. The van der Waals surface area contributed by atoms with E-state index < -0.39 is 5.54 Å². The third kappa shape index (κ3) is 2.94. The Hall–Kier alpha value is -1.72. The van der Waals surface area contributed by atoms with Gasteiger partial charge in [0.05, 0.1) is 24.9 Å². The summed E-state index contributed by atoms with van der Waals surface area (Å²) in [5, 5.41) is 17.1. The molecule has 1 aromatic carbocycles. The highest BCUT2D eigenvalue weighted by Gasteiger charge is 2.18. The van der Waals surface area contributed by atoms with E-state index >= 15 is 0 Å². The average molecular weight is 246 g/mol. The highest BCUT2D eigenvalue weighted by molar-refractivity contribution is 5.22. The van der Waals surface area contributed by atoms with Crippen LogP contribution in [0.2, 0.25) is 0 Å². The first-order valence-electron chi connectivity index (χ1n) is 5.87. The Bertz CT molecular complexity index is 511. The van der Waals surface area contributed by atoms with Gasteiger partial charge in [-0.3, -0.25) is 0 Å². The second kappa shape index (κ2) is 4.88. The topological polar surface area (TPSA) is 77.0 Å². The van der Waals surface area contributed by atoms with Crippen LogP contribution in [0.4, 0.5) is 0 Å². The zero-order chi connectivity index (χ0) is 13.2. The van der Waals surface area contributed by atoms with Crippen LogP contribution in [0, 0.1) is 0 Å². The summed E-state index contributed by atoms with van der Waals surface area (Å²) in [6, 6.07) is 7.75. The van der Waals surface area contributed by atoms with Crippen LogP contribution in [0.15, 0.2) is 30.5 Å². The van der Waals surface area contributed by atoms with Gasteiger partial charge in [-0.25, -0.2) is 4.68 Å². The van der Waals surface area contributed by atoms with Crippen LogP contribution >= 0.6 is 0 Å². The normalized spacial score (nSPS) is 11.8. The third-order valence-electron chi connectivity index (χ3n) is 2.75. The Labute approximate surface area is 106 Å². The van der Waals surface area contributed by atoms with Crippen molar-refractivity contribution in [3.63, 3.8) is 0 Å². The molecule has 96 valence electrons. The molecule has 0 unspecified atom stereocenters. The lowest BCUT2D eigenvalue weighted by Gasteiger charge is -2.13. The van der Waals surface area contributed by atoms with E-state index in [4.69, 9.17) is 10.8 Å². The minimum absolute atomic E-state index is 0.0646. The van der Waals surface area contributed by atoms with Crippen LogP contribution in [0.3, 0.4) is 0 Å². The number of hydrogen-bond donors (Lipinski definition) is 2. The first-order chi connectivity index (χ1) is 8.49. The van der Waals surface area contributed by atoms with E-state index in [9.17, 15) is 0 Å². The van der Waals surface area contributed by atoms with Gasteiger partial charge in [0, 0.05) is 0 Å². The van der Waals surface area contributed by atoms with Gasteiger partial charge in [0.25, 0.3) is 0 Å². The standard InChI is InChI=1S/C13H18N4O/c1-13(2,14)12-8-17(16-15-12)7-10-3-5-11(9-18)6-4-10/h3-6,8,18H,7,9,14H2,1-2H3. The molecule has 0 atom stereocenters. The summed E-state index contributed by atoms with van der Waals surface area (Å²) in [4.78, 5) is 0. The highest BCUT2D eigenvalue weighted by Crippen LogP contribution is 2.13. The van der Waals surface area contributed by atoms with E-state index in [2.05, 4.69) is 10.3 Å². The molecule has 1 heterocycles. The van der Waals surface area contributed by atoms with Crippen molar-refractivity contribution in [1.82, 2.24) is 15.0 Å². The SMILES string of the molecule is CC(C)(N)c1cn(Cc2ccc(CO)cc2)nn1. The lowest BCUT2D eigenvalue weighted by Crippen LogP contribution is -2.29. The molecular weight excluding hydrogens is 228 g/mol. The molecule has 0 bridgehead atoms. The number of nitrogens with zero attached hydrogens (tertiary/aromatic N) is 3. The third-order valence-corrected chi connectivity index (χ3v) is 2.75. The zero-order valence-corrected chi connectivity index (χ0v) is 10.7.